The summed E-state index contributed by atoms with van der Waals surface area (Å²) in [4.78, 5) is 12.1. The number of nitrogens with one attached hydrogen (secondary N) is 2. The first-order chi connectivity index (χ1) is 12.0. The molecule has 1 amide bonds. The van der Waals surface area contributed by atoms with Crippen molar-refractivity contribution in [1.82, 2.24) is 10.2 Å². The number of anilines is 3. The number of rotatable bonds is 4. The minimum Gasteiger partial charge on any atom is -0.339 e. The summed E-state index contributed by atoms with van der Waals surface area (Å²) in [5.74, 6) is -0.346. The van der Waals surface area contributed by atoms with E-state index in [2.05, 4.69) is 20.8 Å². The zero-order valence-corrected chi connectivity index (χ0v) is 13.9. The summed E-state index contributed by atoms with van der Waals surface area (Å²) in [5, 5.41) is 13.7. The van der Waals surface area contributed by atoms with Crippen LogP contribution < -0.4 is 10.6 Å². The van der Waals surface area contributed by atoms with E-state index in [9.17, 15) is 9.18 Å². The highest BCUT2D eigenvalue weighted by atomic mass is 19.1. The van der Waals surface area contributed by atoms with Crippen LogP contribution in [-0.2, 0) is 0 Å². The number of hydrogen-bond acceptors (Lipinski definition) is 4. The van der Waals surface area contributed by atoms with E-state index >= 15 is 0 Å². The maximum atomic E-state index is 13.6. The van der Waals surface area contributed by atoms with Gasteiger partial charge in [-0.2, -0.15) is 0 Å². The van der Waals surface area contributed by atoms with Gasteiger partial charge in [-0.25, -0.2) is 4.39 Å². The number of amides is 1. The van der Waals surface area contributed by atoms with Gasteiger partial charge >= 0.3 is 0 Å². The molecule has 1 aromatic heterocycles. The maximum Gasteiger partial charge on any atom is 0.259 e. The van der Waals surface area contributed by atoms with Crippen LogP contribution in [0.4, 0.5) is 21.7 Å². The van der Waals surface area contributed by atoms with Crippen LogP contribution in [0.1, 0.15) is 21.5 Å². The van der Waals surface area contributed by atoms with Gasteiger partial charge in [0.15, 0.2) is 11.6 Å². The second kappa shape index (κ2) is 7.09. The van der Waals surface area contributed by atoms with Crippen molar-refractivity contribution in [3.05, 3.63) is 77.1 Å². The lowest BCUT2D eigenvalue weighted by Gasteiger charge is -2.10. The highest BCUT2D eigenvalue weighted by Gasteiger charge is 2.12. The van der Waals surface area contributed by atoms with E-state index in [4.69, 9.17) is 0 Å². The molecule has 2 aromatic carbocycles. The predicted molar refractivity (Wildman–Crippen MR) is 95.6 cm³/mol. The van der Waals surface area contributed by atoms with Crippen LogP contribution in [0.25, 0.3) is 0 Å². The molecule has 1 heterocycles. The number of hydrogen-bond donors (Lipinski definition) is 2. The zero-order valence-electron chi connectivity index (χ0n) is 13.9. The zero-order chi connectivity index (χ0) is 17.8. The number of carbonyl (C=O) groups excluding carboxylic acids is 1. The summed E-state index contributed by atoms with van der Waals surface area (Å²) < 4.78 is 13.6. The highest BCUT2D eigenvalue weighted by Crippen LogP contribution is 2.21. The number of aryl methyl sites for hydroxylation is 1. The van der Waals surface area contributed by atoms with Crippen LogP contribution in [-0.4, -0.2) is 16.1 Å². The molecule has 0 unspecified atom stereocenters. The molecule has 25 heavy (non-hydrogen) atoms. The first kappa shape index (κ1) is 16.6. The first-order valence-electron chi connectivity index (χ1n) is 7.77. The third-order valence-corrected chi connectivity index (χ3v) is 3.89. The summed E-state index contributed by atoms with van der Waals surface area (Å²) in [6.07, 6.45) is 0. The second-order valence-corrected chi connectivity index (χ2v) is 5.61. The monoisotopic (exact) mass is 336 g/mol. The normalized spacial score (nSPS) is 10.4. The topological polar surface area (TPSA) is 66.9 Å². The fraction of sp³-hybridized carbons (Fsp3) is 0.105. The number of aromatic nitrogens is 2. The molecule has 2 N–H and O–H groups in total. The summed E-state index contributed by atoms with van der Waals surface area (Å²) in [6.45, 7) is 4.06. The SMILES string of the molecule is Cc1cccc(Nc2ccc(NC(=O)c3ccccc3F)nn2)c1C. The Bertz CT molecular complexity index is 910. The van der Waals surface area contributed by atoms with Gasteiger partial charge in [0.25, 0.3) is 5.91 Å². The van der Waals surface area contributed by atoms with E-state index in [1.807, 2.05) is 32.0 Å². The molecule has 0 radical (unpaired) electrons. The van der Waals surface area contributed by atoms with Crippen LogP contribution in [0.15, 0.2) is 54.6 Å². The third-order valence-electron chi connectivity index (χ3n) is 3.89. The Kier molecular flexibility index (Phi) is 4.70. The molecule has 0 saturated carbocycles. The summed E-state index contributed by atoms with van der Waals surface area (Å²) >= 11 is 0. The van der Waals surface area contributed by atoms with Gasteiger partial charge in [-0.15, -0.1) is 10.2 Å². The number of carbonyl (C=O) groups is 1. The van der Waals surface area contributed by atoms with E-state index in [1.165, 1.54) is 23.8 Å². The maximum absolute atomic E-state index is 13.6. The van der Waals surface area contributed by atoms with Crippen LogP contribution in [0, 0.1) is 19.7 Å². The fourth-order valence-electron chi connectivity index (χ4n) is 2.32. The molecule has 126 valence electrons. The summed E-state index contributed by atoms with van der Waals surface area (Å²) in [5.41, 5.74) is 3.20. The lowest BCUT2D eigenvalue weighted by atomic mass is 10.1. The lowest BCUT2D eigenvalue weighted by Crippen LogP contribution is -2.15. The Morgan fingerprint density at radius 3 is 2.36 bits per heavy atom. The van der Waals surface area contributed by atoms with E-state index in [-0.39, 0.29) is 11.4 Å². The summed E-state index contributed by atoms with van der Waals surface area (Å²) in [7, 11) is 0. The molecule has 0 saturated heterocycles. The average Bonchev–Trinajstić information content (AvgIpc) is 2.61. The van der Waals surface area contributed by atoms with Gasteiger partial charge < -0.3 is 10.6 Å². The van der Waals surface area contributed by atoms with Gasteiger partial charge in [-0.05, 0) is 55.3 Å². The number of halogens is 1. The molecule has 6 heteroatoms. The van der Waals surface area contributed by atoms with Crippen LogP contribution in [0.2, 0.25) is 0 Å². The van der Waals surface area contributed by atoms with Crippen molar-refractivity contribution >= 4 is 23.2 Å². The molecular formula is C19H17FN4O. The van der Waals surface area contributed by atoms with Crippen LogP contribution >= 0.6 is 0 Å². The van der Waals surface area contributed by atoms with Gasteiger partial charge in [-0.1, -0.05) is 24.3 Å². The second-order valence-electron chi connectivity index (χ2n) is 5.61. The van der Waals surface area contributed by atoms with Gasteiger partial charge in [0.2, 0.25) is 0 Å². The van der Waals surface area contributed by atoms with E-state index < -0.39 is 11.7 Å². The van der Waals surface area contributed by atoms with Gasteiger partial charge in [0, 0.05) is 5.69 Å². The van der Waals surface area contributed by atoms with Gasteiger partial charge in [-0.3, -0.25) is 4.79 Å². The fourth-order valence-corrected chi connectivity index (χ4v) is 2.32. The smallest absolute Gasteiger partial charge is 0.259 e. The standard InChI is InChI=1S/C19H17FN4O/c1-12-6-5-9-16(13(12)2)21-17-10-11-18(24-23-17)22-19(25)14-7-3-4-8-15(14)20/h3-11H,1-2H3,(H,21,23)(H,22,24,25). The van der Waals surface area contributed by atoms with Crippen molar-refractivity contribution in [2.45, 2.75) is 13.8 Å². The largest absolute Gasteiger partial charge is 0.339 e. The molecule has 0 aliphatic carbocycles. The first-order valence-corrected chi connectivity index (χ1v) is 7.77. The quantitative estimate of drug-likeness (QED) is 0.748. The van der Waals surface area contributed by atoms with Crippen molar-refractivity contribution < 1.29 is 9.18 Å². The van der Waals surface area contributed by atoms with E-state index in [0.29, 0.717) is 5.82 Å². The Morgan fingerprint density at radius 2 is 1.64 bits per heavy atom. The summed E-state index contributed by atoms with van der Waals surface area (Å²) in [6, 6.07) is 15.0. The number of benzene rings is 2. The van der Waals surface area contributed by atoms with E-state index in [0.717, 1.165) is 11.3 Å². The molecule has 3 aromatic rings. The van der Waals surface area contributed by atoms with Crippen molar-refractivity contribution in [2.24, 2.45) is 0 Å². The van der Waals surface area contributed by atoms with Crippen molar-refractivity contribution in [2.75, 3.05) is 10.6 Å². The Hall–Kier alpha value is -3.28. The average molecular weight is 336 g/mol. The van der Waals surface area contributed by atoms with E-state index in [1.54, 1.807) is 18.2 Å². The molecule has 3 rings (SSSR count). The molecule has 0 atom stereocenters. The minimum absolute atomic E-state index is 0.0399. The van der Waals surface area contributed by atoms with Crippen LogP contribution in [0.3, 0.4) is 0 Å². The minimum atomic E-state index is -0.582. The van der Waals surface area contributed by atoms with Crippen molar-refractivity contribution in [3.8, 4) is 0 Å². The lowest BCUT2D eigenvalue weighted by molar-refractivity contribution is 0.102. The van der Waals surface area contributed by atoms with Gasteiger partial charge in [0.05, 0.1) is 5.56 Å². The van der Waals surface area contributed by atoms with Crippen molar-refractivity contribution in [3.63, 3.8) is 0 Å². The van der Waals surface area contributed by atoms with Gasteiger partial charge in [0.1, 0.15) is 5.82 Å². The Balaban J connectivity index is 1.71. The molecule has 0 fully saturated rings. The molecule has 5 nitrogen and oxygen atoms in total. The Morgan fingerprint density at radius 1 is 0.920 bits per heavy atom. The molecule has 0 spiro atoms. The Labute approximate surface area is 144 Å². The van der Waals surface area contributed by atoms with Crippen molar-refractivity contribution in [1.29, 1.82) is 0 Å². The third kappa shape index (κ3) is 3.80. The number of nitrogens with zero attached hydrogens (tertiary/aromatic N) is 2. The molecule has 0 bridgehead atoms. The predicted octanol–water partition coefficient (Wildman–Crippen LogP) is 4.23. The van der Waals surface area contributed by atoms with Crippen LogP contribution in [0.5, 0.6) is 0 Å². The molecule has 0 aliphatic heterocycles. The highest BCUT2D eigenvalue weighted by molar-refractivity contribution is 6.03. The molecule has 0 aliphatic rings. The molecular weight excluding hydrogens is 319 g/mol.